The van der Waals surface area contributed by atoms with E-state index in [2.05, 4.69) is 63.6 Å². The molecule has 0 fully saturated rings. The Bertz CT molecular complexity index is 1090. The highest BCUT2D eigenvalue weighted by atomic mass is 16.5. The Labute approximate surface area is 195 Å². The third-order valence-electron chi connectivity index (χ3n) is 6.20. The fraction of sp³-hybridized carbons (Fsp3) is 0.296. The molecule has 172 valence electrons. The molecule has 0 saturated carbocycles. The molecule has 1 amide bonds. The molecule has 3 aromatic carbocycles. The van der Waals surface area contributed by atoms with E-state index in [1.807, 2.05) is 20.2 Å². The lowest BCUT2D eigenvalue weighted by Crippen LogP contribution is -2.37. The summed E-state index contributed by atoms with van der Waals surface area (Å²) in [6.45, 7) is 1.36. The molecule has 1 aliphatic heterocycles. The molecule has 6 heteroatoms. The van der Waals surface area contributed by atoms with E-state index < -0.39 is 0 Å². The number of hydrogen-bond donors (Lipinski definition) is 1. The Morgan fingerprint density at radius 1 is 0.970 bits per heavy atom. The van der Waals surface area contributed by atoms with Gasteiger partial charge in [0, 0.05) is 38.6 Å². The fourth-order valence-electron chi connectivity index (χ4n) is 4.44. The molecule has 4 rings (SSSR count). The van der Waals surface area contributed by atoms with Gasteiger partial charge in [-0.1, -0.05) is 36.4 Å². The van der Waals surface area contributed by atoms with Crippen molar-refractivity contribution < 1.29 is 14.3 Å². The predicted octanol–water partition coefficient (Wildman–Crippen LogP) is 4.30. The first-order valence-corrected chi connectivity index (χ1v) is 11.1. The van der Waals surface area contributed by atoms with Crippen molar-refractivity contribution in [1.29, 1.82) is 0 Å². The number of amides is 1. The Balaban J connectivity index is 1.63. The van der Waals surface area contributed by atoms with Crippen LogP contribution >= 0.6 is 0 Å². The summed E-state index contributed by atoms with van der Waals surface area (Å²) in [6, 6.07) is 22.4. The number of carbonyl (C=O) groups excluding carboxylic acids is 1. The van der Waals surface area contributed by atoms with Gasteiger partial charge in [0.1, 0.15) is 17.1 Å². The van der Waals surface area contributed by atoms with Gasteiger partial charge in [-0.3, -0.25) is 4.79 Å². The molecule has 0 spiro atoms. The number of ether oxygens (including phenoxy) is 2. The van der Waals surface area contributed by atoms with Gasteiger partial charge in [-0.25, -0.2) is 0 Å². The lowest BCUT2D eigenvalue weighted by atomic mass is 10.0. The Hall–Kier alpha value is -3.67. The number of anilines is 2. The summed E-state index contributed by atoms with van der Waals surface area (Å²) >= 11 is 0. The van der Waals surface area contributed by atoms with Gasteiger partial charge in [0.15, 0.2) is 0 Å². The van der Waals surface area contributed by atoms with Crippen LogP contribution in [0.2, 0.25) is 0 Å². The maximum Gasteiger partial charge on any atom is 0.258 e. The molecule has 0 bridgehead atoms. The van der Waals surface area contributed by atoms with Crippen LogP contribution in [0.25, 0.3) is 0 Å². The van der Waals surface area contributed by atoms with Crippen LogP contribution in [0, 0.1) is 0 Å². The van der Waals surface area contributed by atoms with Gasteiger partial charge in [0.25, 0.3) is 5.91 Å². The van der Waals surface area contributed by atoms with Crippen LogP contribution in [0.15, 0.2) is 66.7 Å². The molecule has 0 radical (unpaired) electrons. The first kappa shape index (κ1) is 22.5. The molecule has 0 aliphatic carbocycles. The highest BCUT2D eigenvalue weighted by molar-refractivity contribution is 5.99. The van der Waals surface area contributed by atoms with Crippen LogP contribution in [0.1, 0.15) is 27.5 Å². The van der Waals surface area contributed by atoms with Crippen LogP contribution in [0.3, 0.4) is 0 Å². The minimum Gasteiger partial charge on any atom is -0.496 e. The van der Waals surface area contributed by atoms with Crippen molar-refractivity contribution in [3.05, 3.63) is 83.4 Å². The first-order chi connectivity index (χ1) is 16.0. The van der Waals surface area contributed by atoms with Crippen LogP contribution in [0.4, 0.5) is 11.4 Å². The van der Waals surface area contributed by atoms with Crippen LogP contribution < -0.4 is 24.6 Å². The Kier molecular flexibility index (Phi) is 6.73. The summed E-state index contributed by atoms with van der Waals surface area (Å²) in [5, 5.41) is 3.14. The van der Waals surface area contributed by atoms with Gasteiger partial charge in [0.2, 0.25) is 0 Å². The molecule has 0 unspecified atom stereocenters. The van der Waals surface area contributed by atoms with Gasteiger partial charge in [0.05, 0.1) is 20.3 Å². The second kappa shape index (κ2) is 9.86. The zero-order valence-electron chi connectivity index (χ0n) is 19.7. The maximum absolute atomic E-state index is 13.2. The van der Waals surface area contributed by atoms with E-state index in [0.717, 1.165) is 24.2 Å². The third-order valence-corrected chi connectivity index (χ3v) is 6.20. The summed E-state index contributed by atoms with van der Waals surface area (Å²) in [6.07, 6.45) is 0.997. The number of methoxy groups -OCH3 is 2. The van der Waals surface area contributed by atoms with Crippen molar-refractivity contribution in [3.63, 3.8) is 0 Å². The number of benzene rings is 3. The van der Waals surface area contributed by atoms with Crippen LogP contribution in [0.5, 0.6) is 11.5 Å². The van der Waals surface area contributed by atoms with Gasteiger partial charge >= 0.3 is 0 Å². The van der Waals surface area contributed by atoms with Crippen molar-refractivity contribution in [2.75, 3.05) is 51.2 Å². The minimum absolute atomic E-state index is 0.00508. The van der Waals surface area contributed by atoms with Crippen molar-refractivity contribution in [2.45, 2.75) is 12.5 Å². The number of para-hydroxylation sites is 1. The molecule has 1 aliphatic rings. The van der Waals surface area contributed by atoms with E-state index in [1.54, 1.807) is 26.4 Å². The number of hydrogen-bond acceptors (Lipinski definition) is 5. The number of carbonyl (C=O) groups is 1. The van der Waals surface area contributed by atoms with Crippen molar-refractivity contribution in [2.24, 2.45) is 0 Å². The highest BCUT2D eigenvalue weighted by Gasteiger charge is 2.28. The molecule has 1 N–H and O–H groups in total. The van der Waals surface area contributed by atoms with E-state index in [-0.39, 0.29) is 11.9 Å². The first-order valence-electron chi connectivity index (χ1n) is 11.1. The average Bonchev–Trinajstić information content (AvgIpc) is 3.27. The molecular formula is C27H31N3O3. The monoisotopic (exact) mass is 445 g/mol. The SMILES string of the molecule is COc1cccc(OC)c1C(=O)NC[C@@H](c1ccc(N(C)C)cc1)N1CCc2ccccc21. The molecule has 6 nitrogen and oxygen atoms in total. The number of rotatable bonds is 8. The second-order valence-corrected chi connectivity index (χ2v) is 8.32. The maximum atomic E-state index is 13.2. The molecule has 3 aromatic rings. The van der Waals surface area contributed by atoms with Gasteiger partial charge in [-0.15, -0.1) is 0 Å². The van der Waals surface area contributed by atoms with Crippen LogP contribution in [-0.2, 0) is 6.42 Å². The molecule has 1 heterocycles. The zero-order valence-corrected chi connectivity index (χ0v) is 19.7. The summed E-state index contributed by atoms with van der Waals surface area (Å²) in [5.41, 5.74) is 5.27. The molecular weight excluding hydrogens is 414 g/mol. The number of nitrogens with zero attached hydrogens (tertiary/aromatic N) is 2. The smallest absolute Gasteiger partial charge is 0.258 e. The van der Waals surface area contributed by atoms with Gasteiger partial charge in [-0.2, -0.15) is 0 Å². The van der Waals surface area contributed by atoms with Gasteiger partial charge < -0.3 is 24.6 Å². The fourth-order valence-corrected chi connectivity index (χ4v) is 4.44. The average molecular weight is 446 g/mol. The topological polar surface area (TPSA) is 54.0 Å². The van der Waals surface area contributed by atoms with E-state index in [4.69, 9.17) is 9.47 Å². The number of nitrogens with one attached hydrogen (secondary N) is 1. The summed E-state index contributed by atoms with van der Waals surface area (Å²) in [5.74, 6) is 0.766. The zero-order chi connectivity index (χ0) is 23.4. The molecule has 33 heavy (non-hydrogen) atoms. The summed E-state index contributed by atoms with van der Waals surface area (Å²) in [4.78, 5) is 17.7. The molecule has 0 saturated heterocycles. The Morgan fingerprint density at radius 3 is 2.27 bits per heavy atom. The van der Waals surface area contributed by atoms with Gasteiger partial charge in [-0.05, 0) is 47.9 Å². The molecule has 0 aromatic heterocycles. The van der Waals surface area contributed by atoms with E-state index in [0.29, 0.717) is 23.6 Å². The largest absolute Gasteiger partial charge is 0.496 e. The normalized spacial score (nSPS) is 13.3. The van der Waals surface area contributed by atoms with Crippen molar-refractivity contribution >= 4 is 17.3 Å². The Morgan fingerprint density at radius 2 is 1.64 bits per heavy atom. The molecule has 1 atom stereocenters. The standard InChI is InChI=1S/C27H31N3O3/c1-29(2)21-14-12-20(13-15-21)23(30-17-16-19-8-5-6-9-22(19)30)18-28-27(31)26-24(32-3)10-7-11-25(26)33-4/h5-15,23H,16-18H2,1-4H3,(H,28,31)/t23-/m0/s1. The van der Waals surface area contributed by atoms with Crippen LogP contribution in [-0.4, -0.2) is 47.3 Å². The quantitative estimate of drug-likeness (QED) is 0.560. The predicted molar refractivity (Wildman–Crippen MR) is 133 cm³/mol. The highest BCUT2D eigenvalue weighted by Crippen LogP contribution is 2.35. The van der Waals surface area contributed by atoms with E-state index in [1.165, 1.54) is 11.3 Å². The van der Waals surface area contributed by atoms with Crippen molar-refractivity contribution in [3.8, 4) is 11.5 Å². The second-order valence-electron chi connectivity index (χ2n) is 8.32. The lowest BCUT2D eigenvalue weighted by molar-refractivity contribution is 0.0944. The lowest BCUT2D eigenvalue weighted by Gasteiger charge is -2.31. The summed E-state index contributed by atoms with van der Waals surface area (Å²) in [7, 11) is 7.18. The van der Waals surface area contributed by atoms with Crippen molar-refractivity contribution in [1.82, 2.24) is 5.32 Å². The third kappa shape index (κ3) is 4.60. The number of fused-ring (bicyclic) bond motifs is 1. The van der Waals surface area contributed by atoms with E-state index in [9.17, 15) is 4.79 Å². The minimum atomic E-state index is -0.216. The van der Waals surface area contributed by atoms with E-state index >= 15 is 0 Å². The summed E-state index contributed by atoms with van der Waals surface area (Å²) < 4.78 is 10.9.